The largest absolute Gasteiger partial charge is 1.00 e. The first-order valence-corrected chi connectivity index (χ1v) is 21.1. The summed E-state index contributed by atoms with van der Waals surface area (Å²) >= 11 is 3.11. The predicted octanol–water partition coefficient (Wildman–Crippen LogP) is 7.13. The Morgan fingerprint density at radius 1 is 0.500 bits per heavy atom. The summed E-state index contributed by atoms with van der Waals surface area (Å²) in [5.74, 6) is 0. The molecule has 0 spiro atoms. The van der Waals surface area contributed by atoms with Gasteiger partial charge in [0.25, 0.3) is 0 Å². The Labute approximate surface area is 369 Å². The fraction of sp³-hybridized carbons (Fsp3) is 0.320. The number of hydrogen-bond acceptors (Lipinski definition) is 0. The van der Waals surface area contributed by atoms with E-state index in [4.69, 9.17) is 0 Å². The van der Waals surface area contributed by atoms with Crippen LogP contribution in [0, 0.1) is 23.0 Å². The van der Waals surface area contributed by atoms with Crippen LogP contribution in [-0.4, -0.2) is 6.41 Å². The van der Waals surface area contributed by atoms with Gasteiger partial charge >= 0.3 is 82.6 Å². The summed E-state index contributed by atoms with van der Waals surface area (Å²) in [7, 11) is 0. The molecule has 4 aromatic carbocycles. The van der Waals surface area contributed by atoms with E-state index in [9.17, 15) is 0 Å². The summed E-state index contributed by atoms with van der Waals surface area (Å²) in [5.41, 5.74) is 19.8. The van der Waals surface area contributed by atoms with Crippen molar-refractivity contribution in [3.8, 4) is 22.3 Å². The van der Waals surface area contributed by atoms with Gasteiger partial charge in [-0.3, -0.25) is 0 Å². The molecule has 0 heterocycles. The Balaban J connectivity index is 0.000000236. The Bertz CT molecular complexity index is 1970. The summed E-state index contributed by atoms with van der Waals surface area (Å²) in [4.78, 5) is 0. The first-order chi connectivity index (χ1) is 24.5. The first kappa shape index (κ1) is 46.3. The molecule has 54 heavy (non-hydrogen) atoms. The number of benzene rings is 4. The maximum atomic E-state index is 3.72. The second-order valence-electron chi connectivity index (χ2n) is 16.7. The van der Waals surface area contributed by atoms with Crippen molar-refractivity contribution in [1.82, 2.24) is 0 Å². The zero-order valence-corrected chi connectivity index (χ0v) is 40.2. The molecule has 0 unspecified atom stereocenters. The molecule has 0 N–H and O–H groups in total. The van der Waals surface area contributed by atoms with Crippen molar-refractivity contribution < 1.29 is 73.3 Å². The SMILES string of the molecule is CC(C)(C)C1=C(c2[c-]c3c(cc2)-c2ccccc2C3)CC=C1.CC(C)(C)C1=C(c2[c-]c3c(cc2)-c2ccccc2C3)CC=C1.C[C](C)=[Zr].C[C](C)=[Zr].[Cl-].[Cl-]. The van der Waals surface area contributed by atoms with Crippen molar-refractivity contribution in [2.45, 2.75) is 94.9 Å². The third kappa shape index (κ3) is 11.5. The maximum absolute atomic E-state index is 3.72. The zero-order chi connectivity index (χ0) is 37.8. The van der Waals surface area contributed by atoms with Gasteiger partial charge in [-0.15, -0.1) is 69.8 Å². The van der Waals surface area contributed by atoms with Gasteiger partial charge in [0.2, 0.25) is 0 Å². The Kier molecular flexibility index (Phi) is 17.0. The molecule has 4 aliphatic carbocycles. The molecule has 0 saturated carbocycles. The molecular weight excluding hydrogens is 854 g/mol. The van der Waals surface area contributed by atoms with Crippen LogP contribution in [0.3, 0.4) is 0 Å². The molecule has 0 nitrogen and oxygen atoms in total. The zero-order valence-electron chi connectivity index (χ0n) is 33.8. The van der Waals surface area contributed by atoms with Crippen molar-refractivity contribution in [2.24, 2.45) is 10.8 Å². The van der Waals surface area contributed by atoms with Crippen LogP contribution in [0.2, 0.25) is 0 Å². The van der Waals surface area contributed by atoms with Gasteiger partial charge in [-0.2, -0.15) is 0 Å². The van der Waals surface area contributed by atoms with Crippen LogP contribution in [0.4, 0.5) is 0 Å². The summed E-state index contributed by atoms with van der Waals surface area (Å²) in [6.07, 6.45) is 13.3. The van der Waals surface area contributed by atoms with Gasteiger partial charge < -0.3 is 24.8 Å². The molecule has 8 rings (SSSR count). The Morgan fingerprint density at radius 2 is 0.833 bits per heavy atom. The van der Waals surface area contributed by atoms with E-state index in [2.05, 4.69) is 178 Å². The molecule has 0 aliphatic heterocycles. The second-order valence-corrected chi connectivity index (χ2v) is 21.6. The van der Waals surface area contributed by atoms with E-state index >= 15 is 0 Å². The predicted molar refractivity (Wildman–Crippen MR) is 220 cm³/mol. The summed E-state index contributed by atoms with van der Waals surface area (Å²) in [6.45, 7) is 22.3. The van der Waals surface area contributed by atoms with Crippen LogP contribution >= 0.6 is 0 Å². The van der Waals surface area contributed by atoms with E-state index in [1.54, 1.807) is 48.5 Å². The van der Waals surface area contributed by atoms with Gasteiger partial charge in [0.05, 0.1) is 0 Å². The fourth-order valence-electron chi connectivity index (χ4n) is 7.39. The van der Waals surface area contributed by atoms with Crippen LogP contribution < -0.4 is 24.8 Å². The molecule has 0 saturated heterocycles. The molecule has 4 aromatic rings. The number of hydrogen-bond donors (Lipinski definition) is 0. The maximum Gasteiger partial charge on any atom is -1.00 e. The van der Waals surface area contributed by atoms with Gasteiger partial charge in [-0.1, -0.05) is 148 Å². The third-order valence-corrected chi connectivity index (χ3v) is 9.53. The van der Waals surface area contributed by atoms with Gasteiger partial charge in [-0.25, -0.2) is 0 Å². The first-order valence-electron chi connectivity index (χ1n) is 18.7. The molecule has 0 bridgehead atoms. The molecule has 0 amide bonds. The fourth-order valence-corrected chi connectivity index (χ4v) is 7.39. The van der Waals surface area contributed by atoms with E-state index in [0.29, 0.717) is 0 Å². The number of allylic oxidation sites excluding steroid dienone is 8. The molecule has 280 valence electrons. The van der Waals surface area contributed by atoms with Gasteiger partial charge in [-0.05, 0) is 47.6 Å². The minimum Gasteiger partial charge on any atom is -1.00 e. The molecule has 0 aromatic heterocycles. The van der Waals surface area contributed by atoms with E-state index in [0.717, 1.165) is 25.7 Å². The molecular formula is C50H54Cl2Zr2-4. The van der Waals surface area contributed by atoms with E-state index in [1.807, 2.05) is 0 Å². The standard InChI is InChI=1S/2C22H21.2C3H6.2ClH.2Zr/c2*1-22(2,3)21-10-6-9-20(21)16-11-12-19-17(14-16)13-15-7-4-5-8-18(15)19;2*1-3-2;;;;/h2*4-8,10-12H,9,13H2,1-3H3;2*1-2H3;2*1H;;/q2*-1;;;;;;/p-2. The summed E-state index contributed by atoms with van der Waals surface area (Å²) in [6, 6.07) is 34.0. The Hall–Kier alpha value is -2.07. The van der Waals surface area contributed by atoms with Gasteiger partial charge in [0.1, 0.15) is 0 Å². The van der Waals surface area contributed by atoms with Crippen molar-refractivity contribution in [3.63, 3.8) is 0 Å². The van der Waals surface area contributed by atoms with E-state index in [1.165, 1.54) is 84.3 Å². The van der Waals surface area contributed by atoms with E-state index < -0.39 is 0 Å². The average molecular weight is 908 g/mol. The minimum atomic E-state index is 0. The van der Waals surface area contributed by atoms with Crippen molar-refractivity contribution in [2.75, 3.05) is 0 Å². The van der Waals surface area contributed by atoms with Crippen LogP contribution in [-0.2, 0) is 61.3 Å². The number of fused-ring (bicyclic) bond motifs is 6. The van der Waals surface area contributed by atoms with Crippen LogP contribution in [0.1, 0.15) is 115 Å². The smallest absolute Gasteiger partial charge is 1.00 e. The van der Waals surface area contributed by atoms with Crippen LogP contribution in [0.5, 0.6) is 0 Å². The third-order valence-electron chi connectivity index (χ3n) is 9.53. The molecule has 0 radical (unpaired) electrons. The molecule has 4 aliphatic rings. The van der Waals surface area contributed by atoms with Crippen LogP contribution in [0.15, 0.2) is 108 Å². The minimum absolute atomic E-state index is 0. The molecule has 4 heteroatoms. The number of rotatable bonds is 2. The van der Waals surface area contributed by atoms with Crippen LogP contribution in [0.25, 0.3) is 33.4 Å². The van der Waals surface area contributed by atoms with Crippen molar-refractivity contribution in [1.29, 1.82) is 0 Å². The average Bonchev–Trinajstić information content (AvgIpc) is 3.87. The molecule has 0 fully saturated rings. The topological polar surface area (TPSA) is 0 Å². The van der Waals surface area contributed by atoms with Crippen molar-refractivity contribution in [3.05, 3.63) is 154 Å². The van der Waals surface area contributed by atoms with E-state index in [-0.39, 0.29) is 35.6 Å². The summed E-state index contributed by atoms with van der Waals surface area (Å²) in [5, 5.41) is 0. The second kappa shape index (κ2) is 19.9. The van der Waals surface area contributed by atoms with Gasteiger partial charge in [0.15, 0.2) is 0 Å². The van der Waals surface area contributed by atoms with Gasteiger partial charge in [0, 0.05) is 0 Å². The van der Waals surface area contributed by atoms with Crippen molar-refractivity contribution >= 4 is 17.6 Å². The monoisotopic (exact) mass is 904 g/mol. The summed E-state index contributed by atoms with van der Waals surface area (Å²) < 4.78 is 3.01. The molecule has 0 atom stereocenters. The normalized spacial score (nSPS) is 14.1. The quantitative estimate of drug-likeness (QED) is 0.163. The number of halogens is 2. The Morgan fingerprint density at radius 3 is 1.17 bits per heavy atom.